The highest BCUT2D eigenvalue weighted by molar-refractivity contribution is 7.89. The van der Waals surface area contributed by atoms with Crippen molar-refractivity contribution in [2.75, 3.05) is 18.4 Å². The average Bonchev–Trinajstić information content (AvgIpc) is 3.53. The number of hydrogen-bond acceptors (Lipinski definition) is 7. The van der Waals surface area contributed by atoms with E-state index < -0.39 is 27.5 Å². The van der Waals surface area contributed by atoms with Crippen LogP contribution in [-0.2, 0) is 10.0 Å². The molecule has 0 unspecified atom stereocenters. The predicted molar refractivity (Wildman–Crippen MR) is 141 cm³/mol. The van der Waals surface area contributed by atoms with Gasteiger partial charge >= 0.3 is 0 Å². The molecule has 2 aromatic carbocycles. The van der Waals surface area contributed by atoms with Crippen molar-refractivity contribution in [2.24, 2.45) is 0 Å². The third-order valence-corrected chi connectivity index (χ3v) is 9.26. The minimum atomic E-state index is -3.71. The van der Waals surface area contributed by atoms with E-state index in [0.717, 1.165) is 24.3 Å². The molecule has 4 heterocycles. The fraction of sp³-hybridized carbons (Fsp3) is 0.192. The molecule has 0 bridgehead atoms. The van der Waals surface area contributed by atoms with Gasteiger partial charge in [0.25, 0.3) is 0 Å². The molecule has 6 rings (SSSR count). The van der Waals surface area contributed by atoms with Crippen LogP contribution in [0.4, 0.5) is 19.1 Å². The van der Waals surface area contributed by atoms with Crippen molar-refractivity contribution >= 4 is 32.3 Å². The number of halogens is 3. The maximum Gasteiger partial charge on any atom is 0.243 e. The molecule has 0 saturated carbocycles. The van der Waals surface area contributed by atoms with Crippen molar-refractivity contribution in [3.8, 4) is 22.6 Å². The van der Waals surface area contributed by atoms with Crippen molar-refractivity contribution in [1.82, 2.24) is 23.7 Å². The first kappa shape index (κ1) is 25.5. The summed E-state index contributed by atoms with van der Waals surface area (Å²) in [6.07, 6.45) is 4.48. The van der Waals surface area contributed by atoms with Crippen LogP contribution in [-0.4, -0.2) is 51.2 Å². The molecule has 1 aliphatic rings. The molecular weight excluding hydrogens is 549 g/mol. The second-order valence-corrected chi connectivity index (χ2v) is 11.8. The van der Waals surface area contributed by atoms with Gasteiger partial charge in [0.1, 0.15) is 11.5 Å². The maximum atomic E-state index is 14.0. The van der Waals surface area contributed by atoms with Gasteiger partial charge in [-0.2, -0.15) is 4.31 Å². The Morgan fingerprint density at radius 1 is 0.949 bits per heavy atom. The van der Waals surface area contributed by atoms with Crippen LogP contribution in [0.15, 0.2) is 71.2 Å². The number of benzene rings is 2. The number of aromatic nitrogens is 4. The van der Waals surface area contributed by atoms with Gasteiger partial charge < -0.3 is 5.32 Å². The lowest BCUT2D eigenvalue weighted by atomic mass is 10.1. The van der Waals surface area contributed by atoms with E-state index in [1.165, 1.54) is 33.8 Å². The fourth-order valence-electron chi connectivity index (χ4n) is 4.61. The second-order valence-electron chi connectivity index (χ2n) is 9.04. The first-order valence-corrected chi connectivity index (χ1v) is 14.4. The lowest BCUT2D eigenvalue weighted by Crippen LogP contribution is -2.42. The van der Waals surface area contributed by atoms with Crippen molar-refractivity contribution in [1.29, 1.82) is 0 Å². The summed E-state index contributed by atoms with van der Waals surface area (Å²) < 4.78 is 69.9. The van der Waals surface area contributed by atoms with Crippen LogP contribution in [0.5, 0.6) is 0 Å². The van der Waals surface area contributed by atoms with E-state index in [4.69, 9.17) is 0 Å². The number of anilines is 1. The van der Waals surface area contributed by atoms with Crippen LogP contribution >= 0.6 is 11.3 Å². The third kappa shape index (κ3) is 4.88. The number of nitrogens with one attached hydrogen (secondary N) is 1. The largest absolute Gasteiger partial charge is 0.351 e. The van der Waals surface area contributed by atoms with E-state index in [-0.39, 0.29) is 24.0 Å². The van der Waals surface area contributed by atoms with Crippen molar-refractivity contribution in [3.63, 3.8) is 0 Å². The molecule has 39 heavy (non-hydrogen) atoms. The zero-order valence-electron chi connectivity index (χ0n) is 20.3. The average molecular weight is 571 g/mol. The Bertz CT molecular complexity index is 1760. The Hall–Kier alpha value is -3.81. The summed E-state index contributed by atoms with van der Waals surface area (Å²) in [5, 5.41) is 5.16. The number of piperidine rings is 1. The van der Waals surface area contributed by atoms with Crippen LogP contribution < -0.4 is 5.32 Å². The van der Waals surface area contributed by atoms with Gasteiger partial charge in [0.2, 0.25) is 16.0 Å². The Kier molecular flexibility index (Phi) is 6.57. The Morgan fingerprint density at radius 2 is 1.72 bits per heavy atom. The lowest BCUT2D eigenvalue weighted by Gasteiger charge is -2.31. The van der Waals surface area contributed by atoms with E-state index in [1.807, 2.05) is 16.0 Å². The fourth-order valence-corrected chi connectivity index (χ4v) is 6.80. The number of hydrogen-bond donors (Lipinski definition) is 1. The van der Waals surface area contributed by atoms with Gasteiger partial charge in [-0.25, -0.2) is 36.5 Å². The molecule has 8 nitrogen and oxygen atoms in total. The summed E-state index contributed by atoms with van der Waals surface area (Å²) in [6, 6.07) is 10.1. The number of thiazole rings is 1. The number of rotatable bonds is 6. The van der Waals surface area contributed by atoms with E-state index in [2.05, 4.69) is 20.3 Å². The maximum absolute atomic E-state index is 14.0. The molecule has 13 heteroatoms. The summed E-state index contributed by atoms with van der Waals surface area (Å²) in [4.78, 5) is 14.4. The van der Waals surface area contributed by atoms with Gasteiger partial charge in [0, 0.05) is 42.5 Å². The first-order chi connectivity index (χ1) is 18.8. The summed E-state index contributed by atoms with van der Waals surface area (Å²) in [6.45, 7) is 0.574. The Balaban J connectivity index is 1.22. The lowest BCUT2D eigenvalue weighted by molar-refractivity contribution is 0.329. The molecule has 200 valence electrons. The van der Waals surface area contributed by atoms with Gasteiger partial charge in [-0.05, 0) is 61.4 Å². The third-order valence-electron chi connectivity index (χ3n) is 6.59. The molecule has 0 amide bonds. The van der Waals surface area contributed by atoms with Crippen LogP contribution in [0.3, 0.4) is 0 Å². The summed E-state index contributed by atoms with van der Waals surface area (Å²) in [5.41, 5.74) is 2.03. The molecule has 0 atom stereocenters. The van der Waals surface area contributed by atoms with E-state index in [1.54, 1.807) is 12.3 Å². The monoisotopic (exact) mass is 570 g/mol. The molecule has 3 aromatic heterocycles. The number of fused-ring (bicyclic) bond motifs is 1. The predicted octanol–water partition coefficient (Wildman–Crippen LogP) is 5.20. The van der Waals surface area contributed by atoms with Crippen molar-refractivity contribution in [2.45, 2.75) is 23.8 Å². The minimum Gasteiger partial charge on any atom is -0.351 e. The molecule has 1 N–H and O–H groups in total. The molecule has 0 aliphatic carbocycles. The van der Waals surface area contributed by atoms with Gasteiger partial charge in [-0.3, -0.25) is 4.40 Å². The van der Waals surface area contributed by atoms with E-state index in [9.17, 15) is 21.6 Å². The molecular formula is C26H21F3N6O2S2. The Morgan fingerprint density at radius 3 is 2.46 bits per heavy atom. The van der Waals surface area contributed by atoms with Gasteiger partial charge in [-0.1, -0.05) is 0 Å². The van der Waals surface area contributed by atoms with E-state index >= 15 is 0 Å². The highest BCUT2D eigenvalue weighted by Gasteiger charge is 2.30. The minimum absolute atomic E-state index is 0.0590. The topological polar surface area (TPSA) is 92.5 Å². The first-order valence-electron chi connectivity index (χ1n) is 12.1. The van der Waals surface area contributed by atoms with E-state index in [0.29, 0.717) is 46.4 Å². The van der Waals surface area contributed by atoms with Crippen LogP contribution in [0, 0.1) is 17.5 Å². The Labute approximate surface area is 225 Å². The van der Waals surface area contributed by atoms with Crippen LogP contribution in [0.1, 0.15) is 12.8 Å². The normalized spacial score (nSPS) is 15.2. The highest BCUT2D eigenvalue weighted by atomic mass is 32.2. The molecule has 0 radical (unpaired) electrons. The smallest absolute Gasteiger partial charge is 0.243 e. The SMILES string of the molecule is O=S(=O)(c1ccc(F)cc1)N1CCC(Nc2nccc(-c3c(-c4ccc(F)c(F)c4)nc4sccn34)n2)CC1. The summed E-state index contributed by atoms with van der Waals surface area (Å²) >= 11 is 1.41. The van der Waals surface area contributed by atoms with Crippen molar-refractivity contribution in [3.05, 3.63) is 83.8 Å². The van der Waals surface area contributed by atoms with Gasteiger partial charge in [-0.15, -0.1) is 11.3 Å². The van der Waals surface area contributed by atoms with Crippen LogP contribution in [0.2, 0.25) is 0 Å². The number of imidazole rings is 1. The summed E-state index contributed by atoms with van der Waals surface area (Å²) in [7, 11) is -3.71. The highest BCUT2D eigenvalue weighted by Crippen LogP contribution is 2.34. The number of sulfonamides is 1. The zero-order valence-corrected chi connectivity index (χ0v) is 21.9. The molecule has 1 aliphatic heterocycles. The quantitative estimate of drug-likeness (QED) is 0.302. The molecule has 0 spiro atoms. The zero-order chi connectivity index (χ0) is 27.1. The van der Waals surface area contributed by atoms with Gasteiger partial charge in [0.05, 0.1) is 16.3 Å². The standard InChI is InChI=1S/C26H21F3N6O2S2/c27-17-2-4-19(5-3-17)39(36,37)34-11-8-18(9-12-34)31-25-30-10-7-22(32-25)24-23(33-26-35(24)13-14-38-26)16-1-6-20(28)21(29)15-16/h1-7,10,13-15,18H,8-9,11-12H2,(H,30,31,32). The molecule has 1 saturated heterocycles. The molecule has 5 aromatic rings. The number of nitrogens with zero attached hydrogens (tertiary/aromatic N) is 5. The summed E-state index contributed by atoms with van der Waals surface area (Å²) in [5.74, 6) is -2.04. The van der Waals surface area contributed by atoms with Gasteiger partial charge in [0.15, 0.2) is 16.6 Å². The van der Waals surface area contributed by atoms with Crippen molar-refractivity contribution < 1.29 is 21.6 Å². The second kappa shape index (κ2) is 10.1. The van der Waals surface area contributed by atoms with Crippen LogP contribution in [0.25, 0.3) is 27.6 Å². The molecule has 1 fully saturated rings.